The summed E-state index contributed by atoms with van der Waals surface area (Å²) >= 11 is 0. The average Bonchev–Trinajstić information content (AvgIpc) is 3.40. The van der Waals surface area contributed by atoms with Crippen molar-refractivity contribution in [2.24, 2.45) is 0 Å². The first kappa shape index (κ1) is 71.4. The van der Waals surface area contributed by atoms with Crippen LogP contribution in [0.2, 0.25) is 0 Å². The monoisotopic (exact) mass is 1040 g/mol. The third-order valence-electron chi connectivity index (χ3n) is 14.6. The first-order valence-electron chi connectivity index (χ1n) is 32.6. The summed E-state index contributed by atoms with van der Waals surface area (Å²) in [6.07, 6.45) is 78.6. The molecule has 0 radical (unpaired) electrons. The van der Waals surface area contributed by atoms with E-state index in [1.165, 1.54) is 225 Å². The van der Waals surface area contributed by atoms with Crippen LogP contribution in [0.25, 0.3) is 0 Å². The van der Waals surface area contributed by atoms with Crippen LogP contribution in [0.15, 0.2) is 48.6 Å². The van der Waals surface area contributed by atoms with E-state index < -0.39 is 6.10 Å². The van der Waals surface area contributed by atoms with Gasteiger partial charge in [0.2, 0.25) is 0 Å². The van der Waals surface area contributed by atoms with Crippen molar-refractivity contribution in [2.75, 3.05) is 13.2 Å². The Morgan fingerprint density at radius 1 is 0.284 bits per heavy atom. The summed E-state index contributed by atoms with van der Waals surface area (Å²) in [6, 6.07) is 0. The van der Waals surface area contributed by atoms with Gasteiger partial charge in [0.1, 0.15) is 13.2 Å². The smallest absolute Gasteiger partial charge is 0.306 e. The molecule has 0 aliphatic heterocycles. The molecule has 0 aromatic heterocycles. The molecule has 6 heteroatoms. The Balaban J connectivity index is 4.00. The van der Waals surface area contributed by atoms with E-state index in [0.717, 1.165) is 83.5 Å². The molecular weight excluding hydrogens is 913 g/mol. The Morgan fingerprint density at radius 3 is 0.824 bits per heavy atom. The van der Waals surface area contributed by atoms with Gasteiger partial charge in [-0.25, -0.2) is 0 Å². The highest BCUT2D eigenvalue weighted by atomic mass is 16.6. The normalized spacial score (nSPS) is 12.3. The van der Waals surface area contributed by atoms with E-state index in [4.69, 9.17) is 14.2 Å². The highest BCUT2D eigenvalue weighted by molar-refractivity contribution is 5.71. The molecule has 0 saturated carbocycles. The summed E-state index contributed by atoms with van der Waals surface area (Å²) < 4.78 is 16.9. The minimum Gasteiger partial charge on any atom is -0.462 e. The third kappa shape index (κ3) is 60.2. The molecule has 0 aliphatic rings. The van der Waals surface area contributed by atoms with Crippen molar-refractivity contribution < 1.29 is 28.6 Å². The first-order chi connectivity index (χ1) is 36.5. The van der Waals surface area contributed by atoms with Crippen LogP contribution in [0.3, 0.4) is 0 Å². The van der Waals surface area contributed by atoms with Crippen molar-refractivity contribution >= 4 is 17.9 Å². The van der Waals surface area contributed by atoms with Crippen LogP contribution in [-0.4, -0.2) is 37.2 Å². The Kier molecular flexibility index (Phi) is 60.7. The van der Waals surface area contributed by atoms with E-state index in [1.807, 2.05) is 0 Å². The van der Waals surface area contributed by atoms with Gasteiger partial charge in [-0.1, -0.05) is 320 Å². The fourth-order valence-corrected chi connectivity index (χ4v) is 9.73. The molecule has 74 heavy (non-hydrogen) atoms. The number of hydrogen-bond acceptors (Lipinski definition) is 6. The zero-order valence-electron chi connectivity index (χ0n) is 49.6. The number of esters is 3. The Bertz CT molecular complexity index is 1280. The predicted molar refractivity (Wildman–Crippen MR) is 321 cm³/mol. The molecule has 0 rings (SSSR count). The summed E-state index contributed by atoms with van der Waals surface area (Å²) in [7, 11) is 0. The van der Waals surface area contributed by atoms with Crippen LogP contribution in [0.1, 0.15) is 348 Å². The molecule has 0 amide bonds. The number of allylic oxidation sites excluding steroid dienone is 8. The summed E-state index contributed by atoms with van der Waals surface area (Å²) in [4.78, 5) is 38.1. The van der Waals surface area contributed by atoms with Crippen molar-refractivity contribution in [3.05, 3.63) is 48.6 Å². The van der Waals surface area contributed by atoms with E-state index in [-0.39, 0.29) is 31.1 Å². The molecule has 0 saturated heterocycles. The van der Waals surface area contributed by atoms with Crippen LogP contribution in [0.5, 0.6) is 0 Å². The lowest BCUT2D eigenvalue weighted by atomic mass is 10.0. The number of unbranched alkanes of at least 4 members (excludes halogenated alkanes) is 41. The molecule has 1 atom stereocenters. The average molecular weight is 1040 g/mol. The summed E-state index contributed by atoms with van der Waals surface area (Å²) in [6.45, 7) is 6.56. The van der Waals surface area contributed by atoms with E-state index in [1.54, 1.807) is 0 Å². The lowest BCUT2D eigenvalue weighted by Crippen LogP contribution is -2.30. The molecule has 432 valence electrons. The maximum Gasteiger partial charge on any atom is 0.306 e. The highest BCUT2D eigenvalue weighted by Gasteiger charge is 2.19. The fraction of sp³-hybridized carbons (Fsp3) is 0.838. The molecule has 0 N–H and O–H groups in total. The standard InChI is InChI=1S/C68H124O6/c1-4-7-10-13-16-19-21-23-25-26-27-28-29-30-31-32-33-34-35-36-37-38-39-40-41-42-43-45-46-49-52-55-58-61-67(70)73-64-65(63-72-66(69)60-57-54-51-48-18-15-12-9-6-3)74-68(71)62-59-56-53-50-47-44-24-22-20-17-14-11-8-5-2/h7,10,16,19,23,25,27-28,65H,4-6,8-9,11-15,17-18,20-22,24,26,29-64H2,1-3H3/b10-7-,19-16-,25-23-,28-27-. The maximum atomic E-state index is 12.8. The molecule has 0 heterocycles. The molecule has 0 bridgehead atoms. The highest BCUT2D eigenvalue weighted by Crippen LogP contribution is 2.18. The van der Waals surface area contributed by atoms with Crippen molar-refractivity contribution in [1.29, 1.82) is 0 Å². The van der Waals surface area contributed by atoms with Gasteiger partial charge in [0.05, 0.1) is 0 Å². The number of rotatable bonds is 60. The largest absolute Gasteiger partial charge is 0.462 e. The van der Waals surface area contributed by atoms with Gasteiger partial charge in [-0.05, 0) is 57.8 Å². The summed E-state index contributed by atoms with van der Waals surface area (Å²) in [5.41, 5.74) is 0. The van der Waals surface area contributed by atoms with E-state index in [9.17, 15) is 14.4 Å². The number of hydrogen-bond donors (Lipinski definition) is 0. The quantitative estimate of drug-likeness (QED) is 0.0261. The van der Waals surface area contributed by atoms with Gasteiger partial charge in [-0.15, -0.1) is 0 Å². The lowest BCUT2D eigenvalue weighted by Gasteiger charge is -2.18. The number of ether oxygens (including phenoxy) is 3. The summed E-state index contributed by atoms with van der Waals surface area (Å²) in [5.74, 6) is -0.845. The lowest BCUT2D eigenvalue weighted by molar-refractivity contribution is -0.167. The van der Waals surface area contributed by atoms with Crippen molar-refractivity contribution in [1.82, 2.24) is 0 Å². The predicted octanol–water partition coefficient (Wildman–Crippen LogP) is 22.2. The first-order valence-corrected chi connectivity index (χ1v) is 32.6. The Labute approximate surface area is 460 Å². The molecule has 1 unspecified atom stereocenters. The Hall–Kier alpha value is -2.63. The van der Waals surface area contributed by atoms with Gasteiger partial charge in [-0.3, -0.25) is 14.4 Å². The second-order valence-corrected chi connectivity index (χ2v) is 22.0. The molecule has 0 spiro atoms. The summed E-state index contributed by atoms with van der Waals surface area (Å²) in [5, 5.41) is 0. The zero-order chi connectivity index (χ0) is 53.6. The van der Waals surface area contributed by atoms with Crippen LogP contribution < -0.4 is 0 Å². The van der Waals surface area contributed by atoms with Gasteiger partial charge in [0.25, 0.3) is 0 Å². The van der Waals surface area contributed by atoms with Crippen molar-refractivity contribution in [3.63, 3.8) is 0 Å². The minimum absolute atomic E-state index is 0.0656. The number of carbonyl (C=O) groups is 3. The molecule has 0 aliphatic carbocycles. The maximum absolute atomic E-state index is 12.8. The van der Waals surface area contributed by atoms with Crippen LogP contribution >= 0.6 is 0 Å². The third-order valence-corrected chi connectivity index (χ3v) is 14.6. The van der Waals surface area contributed by atoms with Gasteiger partial charge in [-0.2, -0.15) is 0 Å². The second kappa shape index (κ2) is 62.9. The van der Waals surface area contributed by atoms with Crippen molar-refractivity contribution in [3.8, 4) is 0 Å². The van der Waals surface area contributed by atoms with Crippen molar-refractivity contribution in [2.45, 2.75) is 354 Å². The SMILES string of the molecule is CC/C=C\C/C=C\C/C=C\C/C=C\CCCCCCCCCCCCCCCCCCCCCCC(=O)OCC(COC(=O)CCCCCCCCCCC)OC(=O)CCCCCCCCCCCCCCCC. The second-order valence-electron chi connectivity index (χ2n) is 22.0. The van der Waals surface area contributed by atoms with Gasteiger partial charge in [0, 0.05) is 19.3 Å². The molecular formula is C68H124O6. The van der Waals surface area contributed by atoms with E-state index in [0.29, 0.717) is 19.3 Å². The molecule has 6 nitrogen and oxygen atoms in total. The zero-order valence-corrected chi connectivity index (χ0v) is 49.6. The van der Waals surface area contributed by atoms with Gasteiger partial charge in [0.15, 0.2) is 6.10 Å². The molecule has 0 aromatic rings. The van der Waals surface area contributed by atoms with E-state index in [2.05, 4.69) is 69.4 Å². The van der Waals surface area contributed by atoms with Gasteiger partial charge < -0.3 is 14.2 Å². The molecule has 0 aromatic carbocycles. The minimum atomic E-state index is -0.765. The Morgan fingerprint density at radius 2 is 0.527 bits per heavy atom. The van der Waals surface area contributed by atoms with E-state index >= 15 is 0 Å². The number of carbonyl (C=O) groups excluding carboxylic acids is 3. The van der Waals surface area contributed by atoms with Crippen LogP contribution in [0.4, 0.5) is 0 Å². The van der Waals surface area contributed by atoms with Gasteiger partial charge >= 0.3 is 17.9 Å². The van der Waals surface area contributed by atoms with Crippen LogP contribution in [-0.2, 0) is 28.6 Å². The topological polar surface area (TPSA) is 78.9 Å². The fourth-order valence-electron chi connectivity index (χ4n) is 9.73. The molecule has 0 fully saturated rings. The van der Waals surface area contributed by atoms with Crippen LogP contribution in [0, 0.1) is 0 Å².